The monoisotopic (exact) mass is 429 g/mol. The van der Waals surface area contributed by atoms with Gasteiger partial charge in [-0.15, -0.1) is 10.2 Å². The Kier molecular flexibility index (Phi) is 6.23. The molecule has 0 saturated heterocycles. The Balaban J connectivity index is 2.04. The van der Waals surface area contributed by atoms with Crippen LogP contribution < -0.4 is 4.90 Å². The third-order valence-corrected chi connectivity index (χ3v) is 6.03. The first-order valence-corrected chi connectivity index (χ1v) is 11.3. The lowest BCUT2D eigenvalue weighted by Gasteiger charge is -2.21. The molecule has 0 amide bonds. The van der Waals surface area contributed by atoms with Crippen LogP contribution in [0.2, 0.25) is 0 Å². The number of aromatic nitrogens is 2. The van der Waals surface area contributed by atoms with Gasteiger partial charge in [0.2, 0.25) is 5.95 Å². The molecule has 0 aliphatic carbocycles. The van der Waals surface area contributed by atoms with E-state index in [4.69, 9.17) is 0 Å². The van der Waals surface area contributed by atoms with Gasteiger partial charge in [0.15, 0.2) is 0 Å². The quantitative estimate of drug-likeness (QED) is 0.411. The Morgan fingerprint density at radius 1 is 1.10 bits per heavy atom. The fourth-order valence-electron chi connectivity index (χ4n) is 3.32. The summed E-state index contributed by atoms with van der Waals surface area (Å²) in [4.78, 5) is 6.17. The second-order valence-corrected chi connectivity index (χ2v) is 8.76. The zero-order chi connectivity index (χ0) is 22.1. The van der Waals surface area contributed by atoms with Gasteiger partial charge in [-0.25, -0.2) is 4.98 Å². The first-order valence-electron chi connectivity index (χ1n) is 9.90. The second kappa shape index (κ2) is 8.53. The van der Waals surface area contributed by atoms with Gasteiger partial charge in [-0.3, -0.25) is 4.55 Å². The van der Waals surface area contributed by atoms with Gasteiger partial charge in [0.05, 0.1) is 11.0 Å². The van der Waals surface area contributed by atoms with Crippen LogP contribution in [-0.2, 0) is 17.2 Å². The summed E-state index contributed by atoms with van der Waals surface area (Å²) in [6.07, 6.45) is 0. The number of azo groups is 1. The van der Waals surface area contributed by atoms with Gasteiger partial charge in [-0.2, -0.15) is 8.42 Å². The molecule has 0 aliphatic heterocycles. The maximum Gasteiger partial charge on any atom is 0.296 e. The van der Waals surface area contributed by atoms with Gasteiger partial charge in [-0.1, -0.05) is 19.9 Å². The van der Waals surface area contributed by atoms with Crippen molar-refractivity contribution in [3.8, 4) is 0 Å². The molecule has 2 aromatic carbocycles. The minimum atomic E-state index is -4.47. The SMILES string of the molecule is CCN(CC)c1ccc(N=Nc2nc3ccc(C(C)C)cc3n2C)c(S(=O)(=O)O)c1. The molecule has 0 saturated carbocycles. The summed E-state index contributed by atoms with van der Waals surface area (Å²) in [6, 6.07) is 10.8. The number of hydrogen-bond acceptors (Lipinski definition) is 6. The number of imidazole rings is 1. The van der Waals surface area contributed by atoms with E-state index in [1.807, 2.05) is 42.5 Å². The molecule has 1 heterocycles. The molecule has 160 valence electrons. The zero-order valence-corrected chi connectivity index (χ0v) is 18.7. The van der Waals surface area contributed by atoms with E-state index in [1.54, 1.807) is 12.1 Å². The molecule has 0 radical (unpaired) electrons. The van der Waals surface area contributed by atoms with Crippen molar-refractivity contribution < 1.29 is 13.0 Å². The van der Waals surface area contributed by atoms with Gasteiger partial charge >= 0.3 is 0 Å². The minimum absolute atomic E-state index is 0.0586. The number of nitrogens with zero attached hydrogens (tertiary/aromatic N) is 5. The fourth-order valence-corrected chi connectivity index (χ4v) is 3.96. The topological polar surface area (TPSA) is 100 Å². The largest absolute Gasteiger partial charge is 0.372 e. The Bertz CT molecular complexity index is 1190. The molecule has 0 bridgehead atoms. The van der Waals surface area contributed by atoms with Crippen molar-refractivity contribution in [2.45, 2.75) is 38.5 Å². The van der Waals surface area contributed by atoms with Gasteiger partial charge in [-0.05, 0) is 55.7 Å². The van der Waals surface area contributed by atoms with Crippen molar-refractivity contribution in [1.82, 2.24) is 9.55 Å². The van der Waals surface area contributed by atoms with Crippen molar-refractivity contribution in [2.75, 3.05) is 18.0 Å². The van der Waals surface area contributed by atoms with Crippen LogP contribution in [0.5, 0.6) is 0 Å². The number of fused-ring (bicyclic) bond motifs is 1. The molecule has 1 aromatic heterocycles. The van der Waals surface area contributed by atoms with Crippen LogP contribution in [0, 0.1) is 0 Å². The summed E-state index contributed by atoms with van der Waals surface area (Å²) >= 11 is 0. The number of rotatable bonds is 7. The van der Waals surface area contributed by atoms with Crippen molar-refractivity contribution in [3.63, 3.8) is 0 Å². The van der Waals surface area contributed by atoms with E-state index in [9.17, 15) is 13.0 Å². The third-order valence-electron chi connectivity index (χ3n) is 5.15. The van der Waals surface area contributed by atoms with E-state index >= 15 is 0 Å². The molecular weight excluding hydrogens is 402 g/mol. The summed E-state index contributed by atoms with van der Waals surface area (Å²) < 4.78 is 35.4. The van der Waals surface area contributed by atoms with Gasteiger partial charge < -0.3 is 9.47 Å². The molecule has 0 aliphatic rings. The van der Waals surface area contributed by atoms with Crippen molar-refractivity contribution in [2.24, 2.45) is 17.3 Å². The van der Waals surface area contributed by atoms with Crippen LogP contribution in [0.1, 0.15) is 39.2 Å². The predicted molar refractivity (Wildman–Crippen MR) is 119 cm³/mol. The number of benzene rings is 2. The standard InChI is InChI=1S/C21H27N5O3S/c1-6-26(7-2)16-9-11-18(20(13-16)30(27,28)29)23-24-21-22-17-10-8-15(14(3)4)12-19(17)25(21)5/h8-14H,6-7H2,1-5H3,(H,27,28,29). The highest BCUT2D eigenvalue weighted by atomic mass is 32.2. The molecule has 8 nitrogen and oxygen atoms in total. The zero-order valence-electron chi connectivity index (χ0n) is 17.9. The first-order chi connectivity index (χ1) is 14.2. The highest BCUT2D eigenvalue weighted by Crippen LogP contribution is 2.31. The highest BCUT2D eigenvalue weighted by Gasteiger charge is 2.18. The molecule has 3 rings (SSSR count). The van der Waals surface area contributed by atoms with E-state index in [-0.39, 0.29) is 10.6 Å². The molecule has 30 heavy (non-hydrogen) atoms. The van der Waals surface area contributed by atoms with Crippen molar-refractivity contribution >= 4 is 38.5 Å². The van der Waals surface area contributed by atoms with Crippen LogP contribution in [0.3, 0.4) is 0 Å². The summed E-state index contributed by atoms with van der Waals surface area (Å²) in [5, 5.41) is 8.26. The van der Waals surface area contributed by atoms with E-state index in [0.29, 0.717) is 30.6 Å². The summed E-state index contributed by atoms with van der Waals surface area (Å²) in [7, 11) is -2.63. The van der Waals surface area contributed by atoms with Crippen LogP contribution in [0.4, 0.5) is 17.3 Å². The van der Waals surface area contributed by atoms with E-state index in [2.05, 4.69) is 35.1 Å². The molecule has 0 spiro atoms. The van der Waals surface area contributed by atoms with Gasteiger partial charge in [0.1, 0.15) is 10.6 Å². The van der Waals surface area contributed by atoms with Gasteiger partial charge in [0.25, 0.3) is 10.1 Å². The number of hydrogen-bond donors (Lipinski definition) is 1. The lowest BCUT2D eigenvalue weighted by Crippen LogP contribution is -2.22. The van der Waals surface area contributed by atoms with E-state index < -0.39 is 10.1 Å². The molecule has 3 aromatic rings. The van der Waals surface area contributed by atoms with Crippen LogP contribution in [0.15, 0.2) is 51.5 Å². The molecule has 0 unspecified atom stereocenters. The Labute approximate surface area is 177 Å². The molecule has 0 atom stereocenters. The van der Waals surface area contributed by atoms with Crippen molar-refractivity contribution in [1.29, 1.82) is 0 Å². The second-order valence-electron chi connectivity index (χ2n) is 7.37. The summed E-state index contributed by atoms with van der Waals surface area (Å²) in [5.74, 6) is 0.732. The normalized spacial score (nSPS) is 12.4. The number of anilines is 1. The smallest absolute Gasteiger partial charge is 0.296 e. The lowest BCUT2D eigenvalue weighted by molar-refractivity contribution is 0.483. The van der Waals surface area contributed by atoms with E-state index in [1.165, 1.54) is 11.6 Å². The fraction of sp³-hybridized carbons (Fsp3) is 0.381. The maximum absolute atomic E-state index is 11.9. The highest BCUT2D eigenvalue weighted by molar-refractivity contribution is 7.86. The van der Waals surface area contributed by atoms with Crippen molar-refractivity contribution in [3.05, 3.63) is 42.0 Å². The van der Waals surface area contributed by atoms with E-state index in [0.717, 1.165) is 11.0 Å². The summed E-state index contributed by atoms with van der Waals surface area (Å²) in [6.45, 7) is 9.61. The molecule has 9 heteroatoms. The van der Waals surface area contributed by atoms with Crippen LogP contribution in [0.25, 0.3) is 11.0 Å². The Morgan fingerprint density at radius 3 is 2.40 bits per heavy atom. The Morgan fingerprint density at radius 2 is 1.80 bits per heavy atom. The Hall–Kier alpha value is -2.78. The lowest BCUT2D eigenvalue weighted by atomic mass is 10.0. The minimum Gasteiger partial charge on any atom is -0.372 e. The maximum atomic E-state index is 11.9. The third kappa shape index (κ3) is 4.36. The average molecular weight is 430 g/mol. The molecule has 1 N–H and O–H groups in total. The summed E-state index contributed by atoms with van der Waals surface area (Å²) in [5.41, 5.74) is 3.64. The molecular formula is C21H27N5O3S. The average Bonchev–Trinajstić information content (AvgIpc) is 3.02. The van der Waals surface area contributed by atoms with Crippen LogP contribution in [-0.4, -0.2) is 35.6 Å². The predicted octanol–water partition coefficient (Wildman–Crippen LogP) is 5.21. The van der Waals surface area contributed by atoms with Crippen LogP contribution >= 0.6 is 0 Å². The van der Waals surface area contributed by atoms with Gasteiger partial charge in [0, 0.05) is 25.8 Å². The molecule has 0 fully saturated rings. The first kappa shape index (κ1) is 21.9. The number of aryl methyl sites for hydroxylation is 1.